The maximum atomic E-state index is 12.5. The number of nitrogens with one attached hydrogen (secondary N) is 2. The summed E-state index contributed by atoms with van der Waals surface area (Å²) in [4.78, 5) is 2.84. The van der Waals surface area contributed by atoms with E-state index in [1.165, 1.54) is 5.56 Å². The molecule has 0 bridgehead atoms. The molecule has 0 spiro atoms. The Labute approximate surface area is 234 Å². The molecule has 1 aliphatic rings. The van der Waals surface area contributed by atoms with Gasteiger partial charge in [0.05, 0.1) is 5.75 Å². The Bertz CT molecular complexity index is 892. The molecule has 8 heteroatoms. The zero-order valence-corrected chi connectivity index (χ0v) is 19.2. The second kappa shape index (κ2) is 13.8. The molecule has 1 saturated heterocycles. The van der Waals surface area contributed by atoms with Gasteiger partial charge in [0.1, 0.15) is 0 Å². The van der Waals surface area contributed by atoms with E-state index in [1.54, 1.807) is 0 Å². The molecule has 0 aromatic heterocycles. The molecule has 0 amide bonds. The van der Waals surface area contributed by atoms with E-state index in [-0.39, 0.29) is 63.2 Å². The van der Waals surface area contributed by atoms with Crippen LogP contribution in [0.15, 0.2) is 48.5 Å². The van der Waals surface area contributed by atoms with E-state index >= 15 is 0 Å². The number of benzene rings is 2. The summed E-state index contributed by atoms with van der Waals surface area (Å²) in [6.45, 7) is 4.34. The zero-order chi connectivity index (χ0) is 21.4. The van der Waals surface area contributed by atoms with E-state index in [4.69, 9.17) is 11.6 Å². The van der Waals surface area contributed by atoms with Crippen LogP contribution in [-0.2, 0) is 16.4 Å². The van der Waals surface area contributed by atoms with Gasteiger partial charge < -0.3 is 5.32 Å². The molecular formula is C23H33ClKN3O2S. The molecular weight excluding hydrogens is 457 g/mol. The molecule has 0 saturated carbocycles. The van der Waals surface area contributed by atoms with Crippen LogP contribution in [0.4, 0.5) is 0 Å². The van der Waals surface area contributed by atoms with Crippen molar-refractivity contribution in [3.8, 4) is 11.1 Å². The van der Waals surface area contributed by atoms with Crippen LogP contribution in [0.25, 0.3) is 11.1 Å². The molecule has 31 heavy (non-hydrogen) atoms. The standard InChI is InChI=1S/C23H32ClN3O2S.K.H/c1-2-3-4-5-16-30(28,29)26-27-15-14-25-18-23(27)17-19-6-8-20(9-7-19)21-10-12-22(24)13-11-21;;/h6-13,23,25-26H,2-5,14-18H2,1H3;;. The normalized spacial score (nSPS) is 17.3. The summed E-state index contributed by atoms with van der Waals surface area (Å²) < 4.78 is 25.0. The van der Waals surface area contributed by atoms with Gasteiger partial charge in [-0.05, 0) is 41.7 Å². The molecule has 2 aromatic rings. The first kappa shape index (κ1) is 27.4. The van der Waals surface area contributed by atoms with E-state index in [2.05, 4.69) is 41.3 Å². The van der Waals surface area contributed by atoms with Crippen LogP contribution in [0, 0.1) is 0 Å². The number of hydrazine groups is 1. The third-order valence-electron chi connectivity index (χ3n) is 5.48. The minimum atomic E-state index is -3.30. The Balaban J connectivity index is 0.00000341. The molecule has 1 atom stereocenters. The number of rotatable bonds is 10. The molecule has 1 heterocycles. The molecule has 166 valence electrons. The van der Waals surface area contributed by atoms with Gasteiger partial charge in [-0.3, -0.25) is 0 Å². The van der Waals surface area contributed by atoms with Crippen molar-refractivity contribution in [2.75, 3.05) is 25.4 Å². The Morgan fingerprint density at radius 1 is 1.03 bits per heavy atom. The fourth-order valence-electron chi connectivity index (χ4n) is 3.75. The Hall–Kier alpha value is 0.196. The fourth-order valence-corrected chi connectivity index (χ4v) is 5.15. The second-order valence-electron chi connectivity index (χ2n) is 7.93. The molecule has 2 aromatic carbocycles. The van der Waals surface area contributed by atoms with Gasteiger partial charge in [0.2, 0.25) is 10.0 Å². The Kier molecular flexibility index (Phi) is 12.2. The number of hydrogen-bond acceptors (Lipinski definition) is 4. The van der Waals surface area contributed by atoms with Crippen LogP contribution in [0.2, 0.25) is 5.02 Å². The van der Waals surface area contributed by atoms with Gasteiger partial charge in [-0.2, -0.15) is 0 Å². The predicted octanol–water partition coefficient (Wildman–Crippen LogP) is 3.59. The van der Waals surface area contributed by atoms with Gasteiger partial charge in [0.25, 0.3) is 0 Å². The molecule has 1 unspecified atom stereocenters. The Morgan fingerprint density at radius 3 is 2.32 bits per heavy atom. The van der Waals surface area contributed by atoms with Crippen molar-refractivity contribution in [2.45, 2.75) is 45.1 Å². The average Bonchev–Trinajstić information content (AvgIpc) is 2.74. The molecule has 0 radical (unpaired) electrons. The number of unbranched alkanes of at least 4 members (excludes halogenated alkanes) is 3. The van der Waals surface area contributed by atoms with E-state index in [9.17, 15) is 8.42 Å². The van der Waals surface area contributed by atoms with Crippen molar-refractivity contribution in [3.63, 3.8) is 0 Å². The van der Waals surface area contributed by atoms with Gasteiger partial charge in [-0.15, -0.1) is 4.83 Å². The van der Waals surface area contributed by atoms with Crippen LogP contribution >= 0.6 is 11.6 Å². The number of nitrogens with zero attached hydrogens (tertiary/aromatic N) is 1. The first-order chi connectivity index (χ1) is 14.5. The van der Waals surface area contributed by atoms with E-state index in [0.717, 1.165) is 54.9 Å². The summed E-state index contributed by atoms with van der Waals surface area (Å²) in [6.07, 6.45) is 4.64. The molecule has 1 aliphatic heterocycles. The summed E-state index contributed by atoms with van der Waals surface area (Å²) in [5.41, 5.74) is 3.46. The minimum absolute atomic E-state index is 0. The van der Waals surface area contributed by atoms with Crippen LogP contribution in [0.3, 0.4) is 0 Å². The van der Waals surface area contributed by atoms with Crippen molar-refractivity contribution in [1.82, 2.24) is 15.2 Å². The van der Waals surface area contributed by atoms with Crippen molar-refractivity contribution in [1.29, 1.82) is 0 Å². The first-order valence-electron chi connectivity index (χ1n) is 10.8. The van der Waals surface area contributed by atoms with Gasteiger partial charge in [0.15, 0.2) is 0 Å². The number of hydrogen-bond donors (Lipinski definition) is 2. The number of sulfonamides is 1. The molecule has 0 aliphatic carbocycles. The maximum absolute atomic E-state index is 12.5. The summed E-state index contributed by atoms with van der Waals surface area (Å²) in [5.74, 6) is 0.194. The van der Waals surface area contributed by atoms with Crippen molar-refractivity contribution in [3.05, 3.63) is 59.1 Å². The van der Waals surface area contributed by atoms with E-state index in [0.29, 0.717) is 13.0 Å². The third-order valence-corrected chi connectivity index (χ3v) is 7.07. The summed E-state index contributed by atoms with van der Waals surface area (Å²) in [6, 6.07) is 16.4. The average molecular weight is 490 g/mol. The van der Waals surface area contributed by atoms with Crippen molar-refractivity contribution < 1.29 is 8.42 Å². The second-order valence-corrected chi connectivity index (χ2v) is 10.2. The van der Waals surface area contributed by atoms with Crippen molar-refractivity contribution >= 4 is 73.0 Å². The van der Waals surface area contributed by atoms with Gasteiger partial charge in [0, 0.05) is 30.7 Å². The quantitative estimate of drug-likeness (QED) is 0.395. The zero-order valence-electron chi connectivity index (χ0n) is 17.6. The number of piperazine rings is 1. The summed E-state index contributed by atoms with van der Waals surface area (Å²) in [7, 11) is -3.30. The monoisotopic (exact) mass is 489 g/mol. The van der Waals surface area contributed by atoms with E-state index in [1.807, 2.05) is 29.3 Å². The molecule has 3 rings (SSSR count). The summed E-state index contributed by atoms with van der Waals surface area (Å²) >= 11 is 5.97. The van der Waals surface area contributed by atoms with Gasteiger partial charge >= 0.3 is 51.4 Å². The predicted molar refractivity (Wildman–Crippen MR) is 132 cm³/mol. The van der Waals surface area contributed by atoms with Gasteiger partial charge in [-0.25, -0.2) is 13.4 Å². The SMILES string of the molecule is CCCCCCS(=O)(=O)NN1CCNCC1Cc1ccc(-c2ccc(Cl)cc2)cc1.[KH]. The fraction of sp³-hybridized carbons (Fsp3) is 0.478. The topological polar surface area (TPSA) is 61.4 Å². The molecule has 1 fully saturated rings. The van der Waals surface area contributed by atoms with Crippen molar-refractivity contribution in [2.24, 2.45) is 0 Å². The first-order valence-corrected chi connectivity index (χ1v) is 12.8. The van der Waals surface area contributed by atoms with Crippen LogP contribution in [0.5, 0.6) is 0 Å². The third kappa shape index (κ3) is 9.16. The molecule has 2 N–H and O–H groups in total. The van der Waals surface area contributed by atoms with E-state index < -0.39 is 10.0 Å². The van der Waals surface area contributed by atoms with Crippen LogP contribution < -0.4 is 10.1 Å². The Morgan fingerprint density at radius 2 is 1.68 bits per heavy atom. The van der Waals surface area contributed by atoms with Crippen LogP contribution in [-0.4, -0.2) is 96.2 Å². The van der Waals surface area contributed by atoms with Crippen LogP contribution in [0.1, 0.15) is 38.2 Å². The number of halogens is 1. The summed E-state index contributed by atoms with van der Waals surface area (Å²) in [5, 5.41) is 6.02. The van der Waals surface area contributed by atoms with Gasteiger partial charge in [-0.1, -0.05) is 74.2 Å². The molecule has 5 nitrogen and oxygen atoms in total.